The van der Waals surface area contributed by atoms with E-state index in [0.717, 1.165) is 22.4 Å². The second-order valence-electron chi connectivity index (χ2n) is 8.15. The highest BCUT2D eigenvalue weighted by molar-refractivity contribution is 6.21. The van der Waals surface area contributed by atoms with Gasteiger partial charge in [0.15, 0.2) is 0 Å². The maximum Gasteiger partial charge on any atom is 0.332 e. The highest BCUT2D eigenvalue weighted by Gasteiger charge is 2.47. The molecule has 166 valence electrons. The lowest BCUT2D eigenvalue weighted by atomic mass is 9.95. The van der Waals surface area contributed by atoms with E-state index in [0.29, 0.717) is 30.8 Å². The van der Waals surface area contributed by atoms with Crippen molar-refractivity contribution in [2.24, 2.45) is 0 Å². The lowest BCUT2D eigenvalue weighted by molar-refractivity contribution is -0.120. The average molecular weight is 441 g/mol. The van der Waals surface area contributed by atoms with Crippen LogP contribution in [0.15, 0.2) is 72.8 Å². The number of carbonyl (C=O) groups is 3. The predicted octanol–water partition coefficient (Wildman–Crippen LogP) is 3.52. The Balaban J connectivity index is 1.27. The lowest BCUT2D eigenvalue weighted by Gasteiger charge is -2.28. The second-order valence-corrected chi connectivity index (χ2v) is 8.15. The molecule has 0 aliphatic carbocycles. The number of ether oxygens (including phenoxy) is 1. The monoisotopic (exact) mass is 441 g/mol. The molecule has 7 heteroatoms. The van der Waals surface area contributed by atoms with Gasteiger partial charge < -0.3 is 15.0 Å². The van der Waals surface area contributed by atoms with Crippen molar-refractivity contribution >= 4 is 23.5 Å². The third-order valence-corrected chi connectivity index (χ3v) is 6.19. The molecule has 5 rings (SSSR count). The molecule has 1 fully saturated rings. The van der Waals surface area contributed by atoms with Crippen molar-refractivity contribution in [2.45, 2.75) is 25.6 Å². The maximum atomic E-state index is 13.1. The van der Waals surface area contributed by atoms with Gasteiger partial charge in [-0.25, -0.2) is 9.69 Å². The van der Waals surface area contributed by atoms with Crippen molar-refractivity contribution in [3.8, 4) is 5.75 Å². The molecule has 0 aromatic heterocycles. The Hall–Kier alpha value is -4.13. The molecule has 33 heavy (non-hydrogen) atoms. The number of benzene rings is 3. The van der Waals surface area contributed by atoms with Crippen molar-refractivity contribution in [1.82, 2.24) is 10.2 Å². The highest BCUT2D eigenvalue weighted by Crippen LogP contribution is 2.32. The number of fused-ring (bicyclic) bond motifs is 2. The molecule has 1 N–H and O–H groups in total. The maximum absolute atomic E-state index is 13.1. The van der Waals surface area contributed by atoms with Gasteiger partial charge in [0.2, 0.25) is 0 Å². The van der Waals surface area contributed by atoms with Crippen molar-refractivity contribution < 1.29 is 19.1 Å². The zero-order chi connectivity index (χ0) is 22.9. The Kier molecular flexibility index (Phi) is 5.30. The minimum Gasteiger partial charge on any atom is -0.497 e. The first kappa shape index (κ1) is 20.8. The summed E-state index contributed by atoms with van der Waals surface area (Å²) in [6.45, 7) is 0.804. The van der Waals surface area contributed by atoms with Gasteiger partial charge in [0.1, 0.15) is 11.8 Å². The summed E-state index contributed by atoms with van der Waals surface area (Å²) < 4.78 is 5.14. The predicted molar refractivity (Wildman–Crippen MR) is 123 cm³/mol. The number of hydrogen-bond donors (Lipinski definition) is 1. The molecule has 1 atom stereocenters. The summed E-state index contributed by atoms with van der Waals surface area (Å²) in [5.41, 5.74) is 4.05. The lowest BCUT2D eigenvalue weighted by Crippen LogP contribution is -2.39. The van der Waals surface area contributed by atoms with E-state index >= 15 is 0 Å². The zero-order valence-corrected chi connectivity index (χ0v) is 18.2. The molecule has 3 aromatic carbocycles. The van der Waals surface area contributed by atoms with Gasteiger partial charge >= 0.3 is 6.03 Å². The van der Waals surface area contributed by atoms with Crippen LogP contribution < -0.4 is 15.0 Å². The van der Waals surface area contributed by atoms with Crippen LogP contribution in [-0.2, 0) is 24.3 Å². The average Bonchev–Trinajstić information content (AvgIpc) is 3.10. The van der Waals surface area contributed by atoms with E-state index in [1.807, 2.05) is 48.5 Å². The number of urea groups is 1. The molecular weight excluding hydrogens is 418 g/mol. The number of amides is 4. The summed E-state index contributed by atoms with van der Waals surface area (Å²) in [6.07, 6.45) is 0.517. The third kappa shape index (κ3) is 3.82. The van der Waals surface area contributed by atoms with Gasteiger partial charge in [0.05, 0.1) is 12.8 Å². The highest BCUT2D eigenvalue weighted by atomic mass is 16.5. The van der Waals surface area contributed by atoms with Crippen LogP contribution in [0.4, 0.5) is 10.5 Å². The molecule has 3 aromatic rings. The Morgan fingerprint density at radius 1 is 0.970 bits per heavy atom. The van der Waals surface area contributed by atoms with Crippen molar-refractivity contribution in [1.29, 1.82) is 0 Å². The fraction of sp³-hybridized carbons (Fsp3) is 0.192. The topological polar surface area (TPSA) is 79.0 Å². The minimum atomic E-state index is -0.486. The summed E-state index contributed by atoms with van der Waals surface area (Å²) in [5, 5.41) is 2.87. The summed E-state index contributed by atoms with van der Waals surface area (Å²) in [4.78, 5) is 41.5. The first-order valence-electron chi connectivity index (χ1n) is 10.8. The van der Waals surface area contributed by atoms with E-state index in [4.69, 9.17) is 4.74 Å². The number of anilines is 1. The molecule has 4 amide bonds. The number of carbonyl (C=O) groups excluding carboxylic acids is 3. The smallest absolute Gasteiger partial charge is 0.332 e. The van der Waals surface area contributed by atoms with Gasteiger partial charge in [0.25, 0.3) is 11.8 Å². The van der Waals surface area contributed by atoms with E-state index in [-0.39, 0.29) is 17.8 Å². The van der Waals surface area contributed by atoms with E-state index in [1.165, 1.54) is 4.90 Å². The molecule has 0 spiro atoms. The van der Waals surface area contributed by atoms with Crippen LogP contribution in [-0.4, -0.2) is 35.9 Å². The molecule has 7 nitrogen and oxygen atoms in total. The third-order valence-electron chi connectivity index (χ3n) is 6.19. The quantitative estimate of drug-likeness (QED) is 0.615. The van der Waals surface area contributed by atoms with Crippen LogP contribution in [0.5, 0.6) is 5.75 Å². The van der Waals surface area contributed by atoms with E-state index in [2.05, 4.69) is 5.32 Å². The number of nitrogens with zero attached hydrogens (tertiary/aromatic N) is 2. The Morgan fingerprint density at radius 2 is 1.67 bits per heavy atom. The zero-order valence-electron chi connectivity index (χ0n) is 18.2. The molecule has 2 aliphatic heterocycles. The van der Waals surface area contributed by atoms with Crippen LogP contribution in [0.2, 0.25) is 0 Å². The van der Waals surface area contributed by atoms with Crippen LogP contribution in [0.25, 0.3) is 0 Å². The summed E-state index contributed by atoms with van der Waals surface area (Å²) in [6, 6.07) is 21.1. The van der Waals surface area contributed by atoms with Crippen LogP contribution in [0.1, 0.15) is 27.0 Å². The van der Waals surface area contributed by atoms with Gasteiger partial charge in [-0.2, -0.15) is 0 Å². The number of methoxy groups -OCH3 is 1. The van der Waals surface area contributed by atoms with E-state index < -0.39 is 6.04 Å². The van der Waals surface area contributed by atoms with Gasteiger partial charge in [0, 0.05) is 25.1 Å². The van der Waals surface area contributed by atoms with Gasteiger partial charge in [-0.1, -0.05) is 36.4 Å². The number of rotatable bonds is 5. The molecule has 2 aliphatic rings. The molecule has 2 heterocycles. The second kappa shape index (κ2) is 8.43. The van der Waals surface area contributed by atoms with Crippen molar-refractivity contribution in [3.05, 3.63) is 95.1 Å². The van der Waals surface area contributed by atoms with Gasteiger partial charge in [-0.05, 0) is 53.1 Å². The normalized spacial score (nSPS) is 16.9. The molecular formula is C26H23N3O4. The van der Waals surface area contributed by atoms with Crippen molar-refractivity contribution in [2.75, 3.05) is 12.0 Å². The van der Waals surface area contributed by atoms with E-state index in [1.54, 1.807) is 36.3 Å². The summed E-state index contributed by atoms with van der Waals surface area (Å²) in [5.74, 6) is 0.294. The first-order chi connectivity index (χ1) is 16.0. The SMILES string of the molecule is COc1ccc(CNC(=O)c2ccc(N3C(=O)C4Cc5ccccc5CN4C3=O)cc2)cc1. The Bertz CT molecular complexity index is 1180. The largest absolute Gasteiger partial charge is 0.497 e. The van der Waals surface area contributed by atoms with Gasteiger partial charge in [-0.3, -0.25) is 9.59 Å². The Morgan fingerprint density at radius 3 is 2.36 bits per heavy atom. The molecule has 0 radical (unpaired) electrons. The molecule has 1 saturated heterocycles. The molecule has 0 saturated carbocycles. The number of nitrogens with one attached hydrogen (secondary N) is 1. The molecule has 0 bridgehead atoms. The van der Waals surface area contributed by atoms with Crippen LogP contribution in [0, 0.1) is 0 Å². The van der Waals surface area contributed by atoms with Crippen LogP contribution in [0.3, 0.4) is 0 Å². The minimum absolute atomic E-state index is 0.230. The summed E-state index contributed by atoms with van der Waals surface area (Å²) >= 11 is 0. The Labute approximate surface area is 191 Å². The van der Waals surface area contributed by atoms with E-state index in [9.17, 15) is 14.4 Å². The number of imide groups is 1. The first-order valence-corrected chi connectivity index (χ1v) is 10.8. The fourth-order valence-corrected chi connectivity index (χ4v) is 4.34. The van der Waals surface area contributed by atoms with Crippen LogP contribution >= 0.6 is 0 Å². The fourth-order valence-electron chi connectivity index (χ4n) is 4.34. The standard InChI is InChI=1S/C26H23N3O4/c1-33-22-12-6-17(7-13-22)15-27-24(30)18-8-10-21(11-9-18)29-25(31)23-14-19-4-2-3-5-20(19)16-28(23)26(29)32/h2-13,23H,14-16H2,1H3,(H,27,30). The van der Waals surface area contributed by atoms with Crippen molar-refractivity contribution in [3.63, 3.8) is 0 Å². The molecule has 1 unspecified atom stereocenters. The number of hydrogen-bond acceptors (Lipinski definition) is 4. The van der Waals surface area contributed by atoms with Gasteiger partial charge in [-0.15, -0.1) is 0 Å². The summed E-state index contributed by atoms with van der Waals surface area (Å²) in [7, 11) is 1.61.